The van der Waals surface area contributed by atoms with Crippen LogP contribution in [0.4, 0.5) is 5.69 Å². The average molecular weight is 341 g/mol. The molecular formula is C19H17ClN2O2. The van der Waals surface area contributed by atoms with Crippen LogP contribution in [0.25, 0.3) is 5.57 Å². The highest BCUT2D eigenvalue weighted by atomic mass is 35.5. The third-order valence-corrected chi connectivity index (χ3v) is 5.60. The molecule has 1 aliphatic carbocycles. The summed E-state index contributed by atoms with van der Waals surface area (Å²) in [6, 6.07) is 5.78. The van der Waals surface area contributed by atoms with Gasteiger partial charge < -0.3 is 4.90 Å². The van der Waals surface area contributed by atoms with Gasteiger partial charge in [0, 0.05) is 29.1 Å². The first kappa shape index (κ1) is 15.4. The Bertz CT molecular complexity index is 876. The lowest BCUT2D eigenvalue weighted by atomic mass is 9.69. The van der Waals surface area contributed by atoms with Crippen LogP contribution < -0.4 is 4.90 Å². The molecule has 0 N–H and O–H groups in total. The number of halogens is 1. The number of nitrogens with zero attached hydrogens (tertiary/aromatic N) is 2. The van der Waals surface area contributed by atoms with Crippen molar-refractivity contribution in [2.24, 2.45) is 11.3 Å². The number of carbonyl (C=O) groups is 2. The molecule has 0 aromatic heterocycles. The lowest BCUT2D eigenvalue weighted by molar-refractivity contribution is -0.119. The van der Waals surface area contributed by atoms with Gasteiger partial charge in [-0.25, -0.2) is 0 Å². The van der Waals surface area contributed by atoms with Crippen LogP contribution in [0.15, 0.2) is 17.7 Å². The van der Waals surface area contributed by atoms with Crippen LogP contribution in [0.1, 0.15) is 37.8 Å². The van der Waals surface area contributed by atoms with Crippen LogP contribution in [-0.2, 0) is 16.0 Å². The molecular weight excluding hydrogens is 324 g/mol. The Morgan fingerprint density at radius 1 is 1.29 bits per heavy atom. The van der Waals surface area contributed by atoms with Crippen molar-refractivity contribution in [2.75, 3.05) is 11.4 Å². The molecule has 3 aliphatic rings. The van der Waals surface area contributed by atoms with E-state index < -0.39 is 5.92 Å². The van der Waals surface area contributed by atoms with Gasteiger partial charge in [-0.15, -0.1) is 0 Å². The summed E-state index contributed by atoms with van der Waals surface area (Å²) in [6.45, 7) is 4.54. The molecule has 1 atom stereocenters. The normalized spacial score (nSPS) is 24.4. The van der Waals surface area contributed by atoms with E-state index in [1.807, 2.05) is 19.9 Å². The summed E-state index contributed by atoms with van der Waals surface area (Å²) in [5, 5.41) is 10.3. The summed E-state index contributed by atoms with van der Waals surface area (Å²) in [5.74, 6) is -1.09. The molecule has 0 saturated carbocycles. The fourth-order valence-electron chi connectivity index (χ4n) is 4.29. The molecule has 1 amide bonds. The molecule has 0 bridgehead atoms. The van der Waals surface area contributed by atoms with Crippen molar-refractivity contribution >= 4 is 34.6 Å². The predicted molar refractivity (Wildman–Crippen MR) is 91.6 cm³/mol. The van der Waals surface area contributed by atoms with Crippen molar-refractivity contribution in [1.82, 2.24) is 0 Å². The Morgan fingerprint density at radius 3 is 2.75 bits per heavy atom. The molecule has 4 rings (SSSR count). The Labute approximate surface area is 145 Å². The predicted octanol–water partition coefficient (Wildman–Crippen LogP) is 3.53. The number of hydrogen-bond donors (Lipinski definition) is 0. The number of anilines is 1. The van der Waals surface area contributed by atoms with E-state index in [2.05, 4.69) is 6.07 Å². The molecule has 1 aromatic carbocycles. The number of Topliss-reactive ketones (excluding diaryl/α,β-unsaturated/α-hetero) is 1. The topological polar surface area (TPSA) is 61.2 Å². The van der Waals surface area contributed by atoms with E-state index in [9.17, 15) is 14.9 Å². The number of fused-ring (bicyclic) bond motifs is 1. The van der Waals surface area contributed by atoms with Crippen LogP contribution in [-0.4, -0.2) is 18.2 Å². The Hall–Kier alpha value is -2.12. The molecule has 2 aliphatic heterocycles. The maximum absolute atomic E-state index is 13.0. The summed E-state index contributed by atoms with van der Waals surface area (Å²) in [7, 11) is 0. The van der Waals surface area contributed by atoms with Gasteiger partial charge in [0.05, 0.1) is 11.8 Å². The van der Waals surface area contributed by atoms with E-state index in [1.54, 1.807) is 11.0 Å². The number of benzene rings is 1. The molecule has 24 heavy (non-hydrogen) atoms. The summed E-state index contributed by atoms with van der Waals surface area (Å²) in [5.41, 5.74) is 3.44. The molecule has 4 nitrogen and oxygen atoms in total. The lowest BCUT2D eigenvalue weighted by Gasteiger charge is -2.32. The molecule has 0 fully saturated rings. The largest absolute Gasteiger partial charge is 0.310 e. The van der Waals surface area contributed by atoms with Gasteiger partial charge in [-0.3, -0.25) is 9.59 Å². The van der Waals surface area contributed by atoms with Gasteiger partial charge in [0.15, 0.2) is 5.78 Å². The highest BCUT2D eigenvalue weighted by molar-refractivity contribution is 6.33. The van der Waals surface area contributed by atoms with Gasteiger partial charge in [0.1, 0.15) is 5.92 Å². The zero-order valence-corrected chi connectivity index (χ0v) is 14.4. The maximum Gasteiger partial charge on any atom is 0.248 e. The quantitative estimate of drug-likeness (QED) is 0.726. The number of allylic oxidation sites excluding steroid dienone is 1. The number of rotatable bonds is 0. The highest BCUT2D eigenvalue weighted by Crippen LogP contribution is 2.50. The van der Waals surface area contributed by atoms with Gasteiger partial charge in [-0.1, -0.05) is 31.5 Å². The Kier molecular flexibility index (Phi) is 3.17. The van der Waals surface area contributed by atoms with E-state index in [1.165, 1.54) is 0 Å². The van der Waals surface area contributed by atoms with E-state index in [-0.39, 0.29) is 17.1 Å². The van der Waals surface area contributed by atoms with Crippen molar-refractivity contribution in [3.8, 4) is 6.07 Å². The number of nitriles is 1. The standard InChI is InChI=1S/C19H17ClN2O2/c1-19(2)7-12-13(9-21)18(24)22-6-5-10-14(20)4-3-11(17(10)22)16(12)15(23)8-19/h3-4,13H,5-8H2,1-2H3. The molecule has 0 saturated heterocycles. The van der Waals surface area contributed by atoms with Crippen molar-refractivity contribution in [1.29, 1.82) is 5.26 Å². The van der Waals surface area contributed by atoms with Crippen molar-refractivity contribution in [2.45, 2.75) is 33.1 Å². The molecule has 0 radical (unpaired) electrons. The lowest BCUT2D eigenvalue weighted by Crippen LogP contribution is -2.36. The minimum atomic E-state index is -0.888. The van der Waals surface area contributed by atoms with Gasteiger partial charge in [0.25, 0.3) is 0 Å². The number of hydrogen-bond acceptors (Lipinski definition) is 3. The van der Waals surface area contributed by atoms with Crippen molar-refractivity contribution in [3.63, 3.8) is 0 Å². The second-order valence-electron chi connectivity index (χ2n) is 7.57. The van der Waals surface area contributed by atoms with E-state index in [0.29, 0.717) is 42.0 Å². The van der Waals surface area contributed by atoms with Crippen LogP contribution in [0.3, 0.4) is 0 Å². The van der Waals surface area contributed by atoms with Gasteiger partial charge in [-0.05, 0) is 35.5 Å². The van der Waals surface area contributed by atoms with Crippen LogP contribution in [0.5, 0.6) is 0 Å². The van der Waals surface area contributed by atoms with E-state index >= 15 is 0 Å². The fraction of sp³-hybridized carbons (Fsp3) is 0.421. The summed E-state index contributed by atoms with van der Waals surface area (Å²) < 4.78 is 0. The van der Waals surface area contributed by atoms with Crippen LogP contribution in [0, 0.1) is 22.7 Å². The van der Waals surface area contributed by atoms with Gasteiger partial charge in [-0.2, -0.15) is 5.26 Å². The smallest absolute Gasteiger partial charge is 0.248 e. The first-order valence-electron chi connectivity index (χ1n) is 8.13. The second-order valence-corrected chi connectivity index (χ2v) is 7.97. The summed E-state index contributed by atoms with van der Waals surface area (Å²) >= 11 is 6.31. The highest BCUT2D eigenvalue weighted by Gasteiger charge is 2.45. The minimum Gasteiger partial charge on any atom is -0.310 e. The molecule has 2 heterocycles. The third kappa shape index (κ3) is 1.98. The molecule has 1 aromatic rings. The maximum atomic E-state index is 13.0. The zero-order valence-electron chi connectivity index (χ0n) is 13.6. The van der Waals surface area contributed by atoms with Gasteiger partial charge in [0.2, 0.25) is 5.91 Å². The SMILES string of the molecule is CC1(C)CC(=O)C2=C(C1)C(C#N)C(=O)N1CCc3c(Cl)ccc2c31. The molecule has 0 spiro atoms. The minimum absolute atomic E-state index is 0.0209. The van der Waals surface area contributed by atoms with Crippen LogP contribution in [0.2, 0.25) is 5.02 Å². The zero-order chi connectivity index (χ0) is 17.2. The monoisotopic (exact) mass is 340 g/mol. The Morgan fingerprint density at radius 2 is 2.04 bits per heavy atom. The molecule has 1 unspecified atom stereocenters. The number of ketones is 1. The third-order valence-electron chi connectivity index (χ3n) is 5.25. The van der Waals surface area contributed by atoms with Crippen molar-refractivity contribution < 1.29 is 9.59 Å². The van der Waals surface area contributed by atoms with E-state index in [0.717, 1.165) is 16.8 Å². The van der Waals surface area contributed by atoms with Crippen molar-refractivity contribution in [3.05, 3.63) is 33.9 Å². The number of amides is 1. The number of carbonyl (C=O) groups excluding carboxylic acids is 2. The molecule has 122 valence electrons. The van der Waals surface area contributed by atoms with E-state index in [4.69, 9.17) is 11.6 Å². The fourth-order valence-corrected chi connectivity index (χ4v) is 4.54. The molecule has 5 heteroatoms. The van der Waals surface area contributed by atoms with Crippen LogP contribution >= 0.6 is 11.6 Å². The average Bonchev–Trinajstić information content (AvgIpc) is 2.90. The summed E-state index contributed by atoms with van der Waals surface area (Å²) in [6.07, 6.45) is 1.67. The summed E-state index contributed by atoms with van der Waals surface area (Å²) in [4.78, 5) is 27.6. The first-order valence-corrected chi connectivity index (χ1v) is 8.51. The second kappa shape index (κ2) is 4.94. The first-order chi connectivity index (χ1) is 11.3. The Balaban J connectivity index is 2.07. The van der Waals surface area contributed by atoms with Gasteiger partial charge >= 0.3 is 0 Å².